The van der Waals surface area contributed by atoms with Crippen molar-refractivity contribution in [2.24, 2.45) is 0 Å². The molecule has 1 atom stereocenters. The Morgan fingerprint density at radius 1 is 1.50 bits per heavy atom. The Morgan fingerprint density at radius 2 is 2.36 bits per heavy atom. The van der Waals surface area contributed by atoms with Gasteiger partial charge < -0.3 is 9.87 Å². The van der Waals surface area contributed by atoms with Crippen LogP contribution in [0.3, 0.4) is 0 Å². The van der Waals surface area contributed by atoms with Crippen molar-refractivity contribution in [3.05, 3.63) is 29.3 Å². The summed E-state index contributed by atoms with van der Waals surface area (Å²) in [7, 11) is 0. The molecule has 4 heteroatoms. The highest BCUT2D eigenvalue weighted by atomic mass is 32.2. The van der Waals surface area contributed by atoms with E-state index in [4.69, 9.17) is 0 Å². The van der Waals surface area contributed by atoms with Crippen LogP contribution in [-0.2, 0) is 23.3 Å². The lowest BCUT2D eigenvalue weighted by molar-refractivity contribution is 0.536. The first-order chi connectivity index (χ1) is 6.75. The van der Waals surface area contributed by atoms with Crippen molar-refractivity contribution in [3.63, 3.8) is 0 Å². The molecule has 1 aromatic carbocycles. The fourth-order valence-corrected chi connectivity index (χ4v) is 2.19. The van der Waals surface area contributed by atoms with E-state index in [0.29, 0.717) is 0 Å². The molecule has 1 aliphatic rings. The highest BCUT2D eigenvalue weighted by molar-refractivity contribution is 7.78. The third-order valence-electron chi connectivity index (χ3n) is 2.40. The Hall–Kier alpha value is -0.870. The van der Waals surface area contributed by atoms with Gasteiger partial charge in [-0.1, -0.05) is 23.2 Å². The number of aryl methyl sites for hydroxylation is 1. The lowest BCUT2D eigenvalue weighted by Gasteiger charge is -2.18. The number of rotatable bonds is 2. The predicted octanol–water partition coefficient (Wildman–Crippen LogP) is 1.42. The molecule has 76 valence electrons. The Bertz CT molecular complexity index is 365. The van der Waals surface area contributed by atoms with Crippen molar-refractivity contribution < 1.29 is 8.76 Å². The van der Waals surface area contributed by atoms with Gasteiger partial charge in [0, 0.05) is 18.0 Å². The zero-order valence-electron chi connectivity index (χ0n) is 7.79. The van der Waals surface area contributed by atoms with Crippen molar-refractivity contribution >= 4 is 16.8 Å². The van der Waals surface area contributed by atoms with Gasteiger partial charge in [0.2, 0.25) is 0 Å². The van der Waals surface area contributed by atoms with Crippen LogP contribution in [0.15, 0.2) is 18.2 Å². The molecule has 0 spiro atoms. The Morgan fingerprint density at radius 3 is 3.14 bits per heavy atom. The summed E-state index contributed by atoms with van der Waals surface area (Å²) in [5.41, 5.74) is 3.24. The van der Waals surface area contributed by atoms with Crippen LogP contribution < -0.4 is 5.32 Å². The first-order valence-electron chi connectivity index (χ1n) is 4.67. The third kappa shape index (κ3) is 2.13. The number of hydrogen-bond donors (Lipinski definition) is 1. The van der Waals surface area contributed by atoms with Crippen LogP contribution in [0.4, 0.5) is 5.69 Å². The minimum Gasteiger partial charge on any atom is -0.772 e. The van der Waals surface area contributed by atoms with E-state index >= 15 is 0 Å². The summed E-state index contributed by atoms with van der Waals surface area (Å²) < 4.78 is 21.0. The number of nitrogens with one attached hydrogen (secondary N) is 1. The topological polar surface area (TPSA) is 52.2 Å². The molecular weight excluding hydrogens is 198 g/mol. The fraction of sp³-hybridized carbons (Fsp3) is 0.400. The molecule has 0 fully saturated rings. The van der Waals surface area contributed by atoms with Crippen LogP contribution in [0.2, 0.25) is 0 Å². The summed E-state index contributed by atoms with van der Waals surface area (Å²) in [6.07, 6.45) is 2.24. The largest absolute Gasteiger partial charge is 0.772 e. The third-order valence-corrected chi connectivity index (χ3v) is 2.97. The first kappa shape index (κ1) is 9.68. The molecule has 0 radical (unpaired) electrons. The fourth-order valence-electron chi connectivity index (χ4n) is 1.73. The number of fused-ring (bicyclic) bond motifs is 1. The Kier molecular flexibility index (Phi) is 2.84. The van der Waals surface area contributed by atoms with Gasteiger partial charge in [-0.05, 0) is 30.0 Å². The van der Waals surface area contributed by atoms with E-state index in [1.165, 1.54) is 5.56 Å². The minimum absolute atomic E-state index is 0.106. The number of benzene rings is 1. The second-order valence-electron chi connectivity index (χ2n) is 3.47. The lowest BCUT2D eigenvalue weighted by Crippen LogP contribution is -2.12. The van der Waals surface area contributed by atoms with Crippen LogP contribution in [-0.4, -0.2) is 15.3 Å². The molecule has 0 amide bonds. The summed E-state index contributed by atoms with van der Waals surface area (Å²) in [4.78, 5) is 0. The number of anilines is 1. The molecule has 1 unspecified atom stereocenters. The van der Waals surface area contributed by atoms with E-state index in [1.54, 1.807) is 0 Å². The van der Waals surface area contributed by atoms with Crippen molar-refractivity contribution in [2.75, 3.05) is 11.9 Å². The smallest absolute Gasteiger partial charge is 0.0375 e. The van der Waals surface area contributed by atoms with Gasteiger partial charge in [0.25, 0.3) is 0 Å². The van der Waals surface area contributed by atoms with E-state index in [2.05, 4.69) is 5.32 Å². The molecule has 0 saturated heterocycles. The van der Waals surface area contributed by atoms with Gasteiger partial charge in [0.1, 0.15) is 0 Å². The molecule has 0 bridgehead atoms. The maximum absolute atomic E-state index is 10.5. The summed E-state index contributed by atoms with van der Waals surface area (Å²) in [5, 5.41) is 3.28. The highest BCUT2D eigenvalue weighted by Crippen LogP contribution is 2.23. The van der Waals surface area contributed by atoms with E-state index in [9.17, 15) is 8.76 Å². The van der Waals surface area contributed by atoms with Crippen LogP contribution in [0.5, 0.6) is 0 Å². The summed E-state index contributed by atoms with van der Waals surface area (Å²) in [5.74, 6) is 0.106. The lowest BCUT2D eigenvalue weighted by atomic mass is 10.0. The van der Waals surface area contributed by atoms with E-state index in [-0.39, 0.29) is 5.75 Å². The molecule has 0 aromatic heterocycles. The zero-order chi connectivity index (χ0) is 9.97. The average molecular weight is 210 g/mol. The second-order valence-corrected chi connectivity index (χ2v) is 4.37. The predicted molar refractivity (Wildman–Crippen MR) is 55.9 cm³/mol. The highest BCUT2D eigenvalue weighted by Gasteiger charge is 2.08. The SMILES string of the molecule is O=S([O-])Cc1ccc2c(c1)NCCC2. The summed E-state index contributed by atoms with van der Waals surface area (Å²) in [6, 6.07) is 5.84. The molecule has 1 N–H and O–H groups in total. The molecular formula is C10H12NO2S-. The number of hydrogen-bond acceptors (Lipinski definition) is 3. The van der Waals surface area contributed by atoms with Gasteiger partial charge in [-0.15, -0.1) is 0 Å². The van der Waals surface area contributed by atoms with Gasteiger partial charge >= 0.3 is 0 Å². The van der Waals surface area contributed by atoms with E-state index in [0.717, 1.165) is 30.6 Å². The van der Waals surface area contributed by atoms with Gasteiger partial charge in [-0.2, -0.15) is 0 Å². The van der Waals surface area contributed by atoms with Crippen molar-refractivity contribution in [2.45, 2.75) is 18.6 Å². The second kappa shape index (κ2) is 4.11. The Balaban J connectivity index is 2.24. The molecule has 14 heavy (non-hydrogen) atoms. The molecule has 0 saturated carbocycles. The molecule has 3 nitrogen and oxygen atoms in total. The molecule has 1 aliphatic heterocycles. The van der Waals surface area contributed by atoms with E-state index < -0.39 is 11.1 Å². The van der Waals surface area contributed by atoms with Crippen LogP contribution in [0.25, 0.3) is 0 Å². The normalized spacial score (nSPS) is 16.9. The summed E-state index contributed by atoms with van der Waals surface area (Å²) in [6.45, 7) is 0.983. The van der Waals surface area contributed by atoms with Crippen molar-refractivity contribution in [1.29, 1.82) is 0 Å². The van der Waals surface area contributed by atoms with Crippen LogP contribution >= 0.6 is 0 Å². The molecule has 0 aliphatic carbocycles. The molecule has 1 aromatic rings. The summed E-state index contributed by atoms with van der Waals surface area (Å²) >= 11 is -2.00. The molecule has 2 rings (SSSR count). The minimum atomic E-state index is -2.00. The maximum atomic E-state index is 10.5. The van der Waals surface area contributed by atoms with E-state index in [1.807, 2.05) is 18.2 Å². The van der Waals surface area contributed by atoms with Gasteiger partial charge in [0.15, 0.2) is 0 Å². The average Bonchev–Trinajstić information content (AvgIpc) is 2.17. The monoisotopic (exact) mass is 210 g/mol. The van der Waals surface area contributed by atoms with Gasteiger partial charge in [0.05, 0.1) is 0 Å². The van der Waals surface area contributed by atoms with Gasteiger partial charge in [-0.3, -0.25) is 4.21 Å². The quantitative estimate of drug-likeness (QED) is 0.751. The first-order valence-corrected chi connectivity index (χ1v) is 5.91. The van der Waals surface area contributed by atoms with Crippen LogP contribution in [0.1, 0.15) is 17.5 Å². The molecule has 1 heterocycles. The maximum Gasteiger partial charge on any atom is 0.0375 e. The van der Waals surface area contributed by atoms with Crippen molar-refractivity contribution in [3.8, 4) is 0 Å². The van der Waals surface area contributed by atoms with Crippen molar-refractivity contribution in [1.82, 2.24) is 0 Å². The Labute approximate surface area is 85.8 Å². The standard InChI is InChI=1S/C10H13NO2S/c12-14(13)7-8-3-4-9-2-1-5-11-10(9)6-8/h3-4,6,11H,1-2,5,7H2,(H,12,13)/p-1. The van der Waals surface area contributed by atoms with Crippen LogP contribution in [0, 0.1) is 0 Å². The van der Waals surface area contributed by atoms with Gasteiger partial charge in [-0.25, -0.2) is 0 Å². The zero-order valence-corrected chi connectivity index (χ0v) is 8.60.